The third kappa shape index (κ3) is 3.62. The molecule has 0 amide bonds. The average molecular weight is 386 g/mol. The van der Waals surface area contributed by atoms with Gasteiger partial charge in [-0.2, -0.15) is 0 Å². The zero-order chi connectivity index (χ0) is 19.0. The van der Waals surface area contributed by atoms with Crippen molar-refractivity contribution in [2.75, 3.05) is 29.5 Å². The number of aryl methyl sites for hydroxylation is 3. The summed E-state index contributed by atoms with van der Waals surface area (Å²) in [5.74, 6) is 0.433. The molecular weight excluding hydrogens is 364 g/mol. The van der Waals surface area contributed by atoms with Gasteiger partial charge in [0, 0.05) is 50.3 Å². The molecule has 0 saturated carbocycles. The molecule has 1 saturated heterocycles. The van der Waals surface area contributed by atoms with E-state index < -0.39 is 9.84 Å². The van der Waals surface area contributed by atoms with Gasteiger partial charge in [-0.05, 0) is 24.6 Å². The minimum absolute atomic E-state index is 0.136. The summed E-state index contributed by atoms with van der Waals surface area (Å²) < 4.78 is 25.2. The Labute approximate surface area is 158 Å². The molecule has 0 bridgehead atoms. The van der Waals surface area contributed by atoms with E-state index in [1.165, 1.54) is 0 Å². The SMILES string of the molecule is Cc1ccc(CCn2cc3nccc(N4CCS(=O)(=O)CC4)c3c2O)nc1. The summed E-state index contributed by atoms with van der Waals surface area (Å²) in [5, 5.41) is 11.5. The van der Waals surface area contributed by atoms with Crippen LogP contribution in [0, 0.1) is 6.92 Å². The normalized spacial score (nSPS) is 16.7. The third-order valence-electron chi connectivity index (χ3n) is 5.00. The fourth-order valence-electron chi connectivity index (χ4n) is 3.42. The maximum Gasteiger partial charge on any atom is 0.202 e. The predicted molar refractivity (Wildman–Crippen MR) is 105 cm³/mol. The lowest BCUT2D eigenvalue weighted by Gasteiger charge is -2.29. The third-order valence-corrected chi connectivity index (χ3v) is 6.61. The monoisotopic (exact) mass is 386 g/mol. The Morgan fingerprint density at radius 2 is 1.93 bits per heavy atom. The molecule has 27 heavy (non-hydrogen) atoms. The van der Waals surface area contributed by atoms with Crippen LogP contribution in [-0.4, -0.2) is 52.7 Å². The van der Waals surface area contributed by atoms with E-state index in [-0.39, 0.29) is 17.4 Å². The van der Waals surface area contributed by atoms with E-state index in [9.17, 15) is 13.5 Å². The number of hydrogen-bond donors (Lipinski definition) is 1. The summed E-state index contributed by atoms with van der Waals surface area (Å²) in [6.45, 7) is 3.45. The number of nitrogens with zero attached hydrogens (tertiary/aromatic N) is 4. The highest BCUT2D eigenvalue weighted by Crippen LogP contribution is 2.35. The summed E-state index contributed by atoms with van der Waals surface area (Å²) in [5.41, 5.74) is 3.62. The summed E-state index contributed by atoms with van der Waals surface area (Å²) in [6.07, 6.45) is 6.08. The van der Waals surface area contributed by atoms with Crippen LogP contribution in [0.4, 0.5) is 5.69 Å². The van der Waals surface area contributed by atoms with Crippen molar-refractivity contribution in [1.82, 2.24) is 14.5 Å². The second-order valence-corrected chi connectivity index (χ2v) is 9.26. The molecule has 8 heteroatoms. The highest BCUT2D eigenvalue weighted by Gasteiger charge is 2.24. The number of sulfone groups is 1. The number of hydrogen-bond acceptors (Lipinski definition) is 6. The summed E-state index contributed by atoms with van der Waals surface area (Å²) in [6, 6.07) is 5.86. The Hall–Kier alpha value is -2.61. The molecule has 0 radical (unpaired) electrons. The van der Waals surface area contributed by atoms with Gasteiger partial charge in [0.2, 0.25) is 5.88 Å². The van der Waals surface area contributed by atoms with Gasteiger partial charge >= 0.3 is 0 Å². The molecule has 0 atom stereocenters. The first-order chi connectivity index (χ1) is 12.9. The number of aromatic nitrogens is 3. The molecule has 0 spiro atoms. The van der Waals surface area contributed by atoms with E-state index in [0.29, 0.717) is 37.0 Å². The second-order valence-electron chi connectivity index (χ2n) is 6.95. The lowest BCUT2D eigenvalue weighted by atomic mass is 10.2. The first-order valence-electron chi connectivity index (χ1n) is 8.97. The molecule has 142 valence electrons. The lowest BCUT2D eigenvalue weighted by Crippen LogP contribution is -2.40. The maximum absolute atomic E-state index is 11.7. The predicted octanol–water partition coefficient (Wildman–Crippen LogP) is 1.92. The minimum Gasteiger partial charge on any atom is -0.494 e. The van der Waals surface area contributed by atoms with Crippen molar-refractivity contribution in [3.05, 3.63) is 48.0 Å². The van der Waals surface area contributed by atoms with Gasteiger partial charge in [0.25, 0.3) is 0 Å². The van der Waals surface area contributed by atoms with Crippen molar-refractivity contribution in [3.8, 4) is 5.88 Å². The van der Waals surface area contributed by atoms with E-state index in [1.807, 2.05) is 42.4 Å². The van der Waals surface area contributed by atoms with Gasteiger partial charge in [0.05, 0.1) is 28.1 Å². The first kappa shape index (κ1) is 17.8. The number of fused-ring (bicyclic) bond motifs is 1. The Bertz CT molecular complexity index is 1060. The van der Waals surface area contributed by atoms with E-state index in [2.05, 4.69) is 9.97 Å². The van der Waals surface area contributed by atoms with Crippen LogP contribution in [0.5, 0.6) is 5.88 Å². The van der Waals surface area contributed by atoms with Crippen molar-refractivity contribution in [2.45, 2.75) is 19.9 Å². The Morgan fingerprint density at radius 1 is 1.15 bits per heavy atom. The molecule has 0 aliphatic carbocycles. The Morgan fingerprint density at radius 3 is 2.63 bits per heavy atom. The zero-order valence-electron chi connectivity index (χ0n) is 15.2. The van der Waals surface area contributed by atoms with Crippen molar-refractivity contribution in [3.63, 3.8) is 0 Å². The molecular formula is C19H22N4O3S. The van der Waals surface area contributed by atoms with Gasteiger partial charge in [-0.3, -0.25) is 9.97 Å². The minimum atomic E-state index is -2.96. The van der Waals surface area contributed by atoms with Gasteiger partial charge < -0.3 is 14.6 Å². The van der Waals surface area contributed by atoms with Crippen LogP contribution in [0.3, 0.4) is 0 Å². The van der Waals surface area contributed by atoms with Gasteiger partial charge in [-0.1, -0.05) is 6.07 Å². The van der Waals surface area contributed by atoms with Crippen molar-refractivity contribution in [2.24, 2.45) is 0 Å². The molecule has 3 aromatic heterocycles. The number of pyridine rings is 2. The van der Waals surface area contributed by atoms with Crippen molar-refractivity contribution < 1.29 is 13.5 Å². The standard InChI is InChI=1S/C19H22N4O3S/c1-14-2-3-15(21-12-14)5-7-23-13-16-18(19(23)24)17(4-6-20-16)22-8-10-27(25,26)11-9-22/h2-4,6,12-13,24H,5,7-11H2,1H3. The van der Waals surface area contributed by atoms with E-state index in [4.69, 9.17) is 0 Å². The largest absolute Gasteiger partial charge is 0.494 e. The second kappa shape index (κ2) is 6.84. The van der Waals surface area contributed by atoms with Gasteiger partial charge in [0.15, 0.2) is 9.84 Å². The van der Waals surface area contributed by atoms with Crippen LogP contribution in [0.15, 0.2) is 36.8 Å². The van der Waals surface area contributed by atoms with Gasteiger partial charge in [0.1, 0.15) is 0 Å². The lowest BCUT2D eigenvalue weighted by molar-refractivity contribution is 0.422. The number of aromatic hydroxyl groups is 1. The van der Waals surface area contributed by atoms with Gasteiger partial charge in [-0.25, -0.2) is 8.42 Å². The van der Waals surface area contributed by atoms with E-state index in [1.54, 1.807) is 10.8 Å². The van der Waals surface area contributed by atoms with Crippen LogP contribution in [0.1, 0.15) is 11.3 Å². The molecule has 1 fully saturated rings. The molecule has 4 heterocycles. The molecule has 0 unspecified atom stereocenters. The first-order valence-corrected chi connectivity index (χ1v) is 10.8. The maximum atomic E-state index is 11.7. The molecule has 0 aromatic carbocycles. The quantitative estimate of drug-likeness (QED) is 0.737. The topological polar surface area (TPSA) is 88.3 Å². The summed E-state index contributed by atoms with van der Waals surface area (Å²) >= 11 is 0. The van der Waals surface area contributed by atoms with E-state index >= 15 is 0 Å². The fraction of sp³-hybridized carbons (Fsp3) is 0.368. The summed E-state index contributed by atoms with van der Waals surface area (Å²) in [7, 11) is -2.96. The molecule has 1 aliphatic heterocycles. The van der Waals surface area contributed by atoms with Gasteiger partial charge in [-0.15, -0.1) is 0 Å². The molecule has 1 aliphatic rings. The highest BCUT2D eigenvalue weighted by molar-refractivity contribution is 7.91. The molecule has 7 nitrogen and oxygen atoms in total. The van der Waals surface area contributed by atoms with Crippen LogP contribution in [0.2, 0.25) is 0 Å². The van der Waals surface area contributed by atoms with Crippen molar-refractivity contribution >= 4 is 26.4 Å². The van der Waals surface area contributed by atoms with E-state index in [0.717, 1.165) is 16.9 Å². The number of anilines is 1. The zero-order valence-corrected chi connectivity index (χ0v) is 16.0. The van der Waals surface area contributed by atoms with Crippen LogP contribution >= 0.6 is 0 Å². The Kier molecular flexibility index (Phi) is 4.51. The molecule has 3 aromatic rings. The fourth-order valence-corrected chi connectivity index (χ4v) is 4.62. The average Bonchev–Trinajstić information content (AvgIpc) is 2.97. The molecule has 4 rings (SSSR count). The van der Waals surface area contributed by atoms with Crippen molar-refractivity contribution in [1.29, 1.82) is 0 Å². The molecule has 1 N–H and O–H groups in total. The number of rotatable bonds is 4. The van der Waals surface area contributed by atoms with Crippen LogP contribution in [-0.2, 0) is 22.8 Å². The van der Waals surface area contributed by atoms with Crippen LogP contribution < -0.4 is 4.90 Å². The highest BCUT2D eigenvalue weighted by atomic mass is 32.2. The van der Waals surface area contributed by atoms with Crippen LogP contribution in [0.25, 0.3) is 10.9 Å². The summed E-state index contributed by atoms with van der Waals surface area (Å²) in [4.78, 5) is 10.8. The smallest absolute Gasteiger partial charge is 0.202 e. The Balaban J connectivity index is 1.61.